The molecule has 0 aliphatic carbocycles. The number of aryl methyl sites for hydroxylation is 1. The molecule has 0 bridgehead atoms. The second-order valence-corrected chi connectivity index (χ2v) is 7.14. The zero-order valence-electron chi connectivity index (χ0n) is 13.5. The summed E-state index contributed by atoms with van der Waals surface area (Å²) >= 11 is 0. The number of rotatable bonds is 5. The van der Waals surface area contributed by atoms with E-state index in [1.54, 1.807) is 30.3 Å². The van der Waals surface area contributed by atoms with E-state index in [0.717, 1.165) is 5.56 Å². The summed E-state index contributed by atoms with van der Waals surface area (Å²) in [6.45, 7) is 4.35. The highest BCUT2D eigenvalue weighted by Crippen LogP contribution is 2.26. The van der Waals surface area contributed by atoms with E-state index >= 15 is 0 Å². The Kier molecular flexibility index (Phi) is 4.40. The molecule has 24 heavy (non-hydrogen) atoms. The van der Waals surface area contributed by atoms with Crippen molar-refractivity contribution >= 4 is 10.0 Å². The van der Waals surface area contributed by atoms with Crippen LogP contribution in [-0.4, -0.2) is 24.0 Å². The minimum absolute atomic E-state index is 0.230. The monoisotopic (exact) mass is 342 g/mol. The molecule has 0 aliphatic rings. The van der Waals surface area contributed by atoms with Crippen LogP contribution in [0.15, 0.2) is 65.8 Å². The average Bonchev–Trinajstić information content (AvgIpc) is 3.06. The van der Waals surface area contributed by atoms with Gasteiger partial charge in [-0.25, -0.2) is 17.4 Å². The maximum atomic E-state index is 12.9. The Morgan fingerprint density at radius 2 is 1.88 bits per heavy atom. The Hall–Kier alpha value is -2.60. The van der Waals surface area contributed by atoms with Gasteiger partial charge >= 0.3 is 0 Å². The first-order valence-electron chi connectivity index (χ1n) is 7.61. The van der Waals surface area contributed by atoms with Crippen molar-refractivity contribution in [3.8, 4) is 17.1 Å². The molecule has 0 spiro atoms. The van der Waals surface area contributed by atoms with Gasteiger partial charge in [-0.15, -0.1) is 0 Å². The van der Waals surface area contributed by atoms with Crippen molar-refractivity contribution in [3.05, 3.63) is 66.5 Å². The fourth-order valence-corrected chi connectivity index (χ4v) is 3.71. The fourth-order valence-electron chi connectivity index (χ4n) is 2.40. The van der Waals surface area contributed by atoms with Gasteiger partial charge in [-0.2, -0.15) is 0 Å². The van der Waals surface area contributed by atoms with Crippen LogP contribution < -0.4 is 4.74 Å². The van der Waals surface area contributed by atoms with Gasteiger partial charge in [0.2, 0.25) is 0 Å². The second-order valence-electron chi connectivity index (χ2n) is 5.33. The van der Waals surface area contributed by atoms with Crippen molar-refractivity contribution in [1.82, 2.24) is 8.96 Å². The highest BCUT2D eigenvalue weighted by atomic mass is 32.2. The Bertz CT molecular complexity index is 944. The minimum atomic E-state index is -3.70. The highest BCUT2D eigenvalue weighted by molar-refractivity contribution is 7.90. The third-order valence-electron chi connectivity index (χ3n) is 3.59. The van der Waals surface area contributed by atoms with E-state index < -0.39 is 10.0 Å². The van der Waals surface area contributed by atoms with Gasteiger partial charge in [0.15, 0.2) is 5.82 Å². The van der Waals surface area contributed by atoms with Crippen LogP contribution in [0.4, 0.5) is 0 Å². The van der Waals surface area contributed by atoms with Gasteiger partial charge in [0, 0.05) is 18.0 Å². The zero-order chi connectivity index (χ0) is 17.2. The lowest BCUT2D eigenvalue weighted by Gasteiger charge is -2.11. The third kappa shape index (κ3) is 3.05. The molecule has 0 unspecified atom stereocenters. The lowest BCUT2D eigenvalue weighted by atomic mass is 10.2. The lowest BCUT2D eigenvalue weighted by Crippen LogP contribution is -2.13. The number of nitrogens with zero attached hydrogens (tertiary/aromatic N) is 2. The smallest absolute Gasteiger partial charge is 0.269 e. The number of benzene rings is 2. The van der Waals surface area contributed by atoms with Crippen LogP contribution in [0, 0.1) is 6.92 Å². The maximum absolute atomic E-state index is 12.9. The second kappa shape index (κ2) is 6.49. The summed E-state index contributed by atoms with van der Waals surface area (Å²) < 4.78 is 32.5. The number of imidazole rings is 1. The normalized spacial score (nSPS) is 11.4. The molecule has 124 valence electrons. The molecule has 0 N–H and O–H groups in total. The van der Waals surface area contributed by atoms with E-state index in [4.69, 9.17) is 4.74 Å². The molecule has 0 saturated carbocycles. The third-order valence-corrected chi connectivity index (χ3v) is 5.27. The number of hydrogen-bond acceptors (Lipinski definition) is 4. The van der Waals surface area contributed by atoms with Gasteiger partial charge in [-0.3, -0.25) is 0 Å². The standard InChI is InChI=1S/C18H18N2O3S/c1-3-23-16-6-4-5-15(13-16)18-19-11-12-20(18)24(21,22)17-9-7-14(2)8-10-17/h4-13H,3H2,1-2H3. The molecule has 0 saturated heterocycles. The largest absolute Gasteiger partial charge is 0.494 e. The molecule has 3 rings (SSSR count). The number of hydrogen-bond donors (Lipinski definition) is 0. The molecular weight excluding hydrogens is 324 g/mol. The average molecular weight is 342 g/mol. The van der Waals surface area contributed by atoms with E-state index in [1.165, 1.54) is 16.4 Å². The van der Waals surface area contributed by atoms with Crippen LogP contribution in [0.1, 0.15) is 12.5 Å². The van der Waals surface area contributed by atoms with Crippen LogP contribution in [0.2, 0.25) is 0 Å². The van der Waals surface area contributed by atoms with Crippen LogP contribution in [0.3, 0.4) is 0 Å². The first kappa shape index (κ1) is 16.3. The summed E-state index contributed by atoms with van der Waals surface area (Å²) in [6, 6.07) is 14.0. The summed E-state index contributed by atoms with van der Waals surface area (Å²) in [4.78, 5) is 4.46. The predicted molar refractivity (Wildman–Crippen MR) is 92.6 cm³/mol. The van der Waals surface area contributed by atoms with Gasteiger partial charge in [0.25, 0.3) is 10.0 Å². The molecule has 0 radical (unpaired) electrons. The first-order valence-corrected chi connectivity index (χ1v) is 9.05. The lowest BCUT2D eigenvalue weighted by molar-refractivity contribution is 0.340. The molecule has 5 nitrogen and oxygen atoms in total. The van der Waals surface area contributed by atoms with Crippen molar-refractivity contribution in [1.29, 1.82) is 0 Å². The molecule has 0 atom stereocenters. The fraction of sp³-hybridized carbons (Fsp3) is 0.167. The van der Waals surface area contributed by atoms with Gasteiger partial charge in [0.05, 0.1) is 11.5 Å². The van der Waals surface area contributed by atoms with Gasteiger partial charge < -0.3 is 4.74 Å². The molecular formula is C18H18N2O3S. The predicted octanol–water partition coefficient (Wildman–Crippen LogP) is 3.49. The van der Waals surface area contributed by atoms with Crippen molar-refractivity contribution in [2.75, 3.05) is 6.61 Å². The van der Waals surface area contributed by atoms with Crippen molar-refractivity contribution in [2.45, 2.75) is 18.7 Å². The summed E-state index contributed by atoms with van der Waals surface area (Å²) in [6.07, 6.45) is 2.94. The van der Waals surface area contributed by atoms with Crippen LogP contribution in [-0.2, 0) is 10.0 Å². The van der Waals surface area contributed by atoms with Gasteiger partial charge in [-0.05, 0) is 38.1 Å². The van der Waals surface area contributed by atoms with Crippen LogP contribution in [0.5, 0.6) is 5.75 Å². The topological polar surface area (TPSA) is 61.2 Å². The van der Waals surface area contributed by atoms with Crippen LogP contribution >= 0.6 is 0 Å². The maximum Gasteiger partial charge on any atom is 0.269 e. The number of aromatic nitrogens is 2. The molecule has 1 heterocycles. The highest BCUT2D eigenvalue weighted by Gasteiger charge is 2.21. The quantitative estimate of drug-likeness (QED) is 0.712. The van der Waals surface area contributed by atoms with E-state index in [0.29, 0.717) is 23.7 Å². The summed E-state index contributed by atoms with van der Waals surface area (Å²) in [5.74, 6) is 1.04. The van der Waals surface area contributed by atoms with Gasteiger partial charge in [0.1, 0.15) is 5.75 Å². The Morgan fingerprint density at radius 3 is 2.58 bits per heavy atom. The molecule has 2 aromatic carbocycles. The Labute approximate surface area is 141 Å². The summed E-state index contributed by atoms with van der Waals surface area (Å²) in [5, 5.41) is 0. The van der Waals surface area contributed by atoms with Crippen molar-refractivity contribution in [2.24, 2.45) is 0 Å². The molecule has 3 aromatic rings. The van der Waals surface area contributed by atoms with Crippen LogP contribution in [0.25, 0.3) is 11.4 Å². The molecule has 0 aliphatic heterocycles. The van der Waals surface area contributed by atoms with Crippen molar-refractivity contribution in [3.63, 3.8) is 0 Å². The van der Waals surface area contributed by atoms with Gasteiger partial charge in [-0.1, -0.05) is 29.8 Å². The molecule has 0 amide bonds. The molecule has 1 aromatic heterocycles. The Morgan fingerprint density at radius 1 is 1.12 bits per heavy atom. The summed E-state index contributed by atoms with van der Waals surface area (Å²) in [7, 11) is -3.70. The molecule has 0 fully saturated rings. The van der Waals surface area contributed by atoms with Crippen molar-refractivity contribution < 1.29 is 13.2 Å². The Balaban J connectivity index is 2.07. The minimum Gasteiger partial charge on any atom is -0.494 e. The molecule has 6 heteroatoms. The van der Waals surface area contributed by atoms with E-state index in [1.807, 2.05) is 32.0 Å². The van der Waals surface area contributed by atoms with E-state index in [-0.39, 0.29) is 4.90 Å². The first-order chi connectivity index (χ1) is 11.5. The SMILES string of the molecule is CCOc1cccc(-c2nccn2S(=O)(=O)c2ccc(C)cc2)c1. The number of ether oxygens (including phenoxy) is 1. The summed E-state index contributed by atoms with van der Waals surface area (Å²) in [5.41, 5.74) is 1.69. The van der Waals surface area contributed by atoms with E-state index in [2.05, 4.69) is 4.98 Å². The van der Waals surface area contributed by atoms with E-state index in [9.17, 15) is 8.42 Å². The zero-order valence-corrected chi connectivity index (χ0v) is 14.3.